The first-order valence-electron chi connectivity index (χ1n) is 10.6. The quantitative estimate of drug-likeness (QED) is 0.616. The van der Waals surface area contributed by atoms with Gasteiger partial charge in [0.1, 0.15) is 0 Å². The maximum atomic E-state index is 13.1. The summed E-state index contributed by atoms with van der Waals surface area (Å²) in [5, 5.41) is 5.83. The molecule has 0 aliphatic carbocycles. The van der Waals surface area contributed by atoms with Crippen molar-refractivity contribution in [2.24, 2.45) is 0 Å². The topological polar surface area (TPSA) is 61.4 Å². The summed E-state index contributed by atoms with van der Waals surface area (Å²) < 4.78 is 0. The van der Waals surface area contributed by atoms with Crippen LogP contribution in [0.2, 0.25) is 0 Å². The SMILES string of the molecule is Cc1cccc(NC(=O)NCc2ccc3c(c2)N(C(=O)c2ccccc2)[C@@H](C)C3)c1C. The standard InChI is InChI=1S/C26H27N3O2/c1-17-8-7-11-23(19(17)3)28-26(31)27-16-20-12-13-22-14-18(2)29(24(22)15-20)25(30)21-9-5-4-6-10-21/h4-13,15,18H,14,16H2,1-3H3,(H2,27,28,31)/t18-/m0/s1. The fraction of sp³-hybridized carbons (Fsp3) is 0.231. The van der Waals surface area contributed by atoms with Gasteiger partial charge < -0.3 is 15.5 Å². The van der Waals surface area contributed by atoms with Gasteiger partial charge in [0, 0.05) is 29.5 Å². The number of rotatable bonds is 4. The number of benzene rings is 3. The highest BCUT2D eigenvalue weighted by atomic mass is 16.2. The lowest BCUT2D eigenvalue weighted by Gasteiger charge is -2.23. The molecule has 0 spiro atoms. The van der Waals surface area contributed by atoms with Crippen molar-refractivity contribution in [3.05, 3.63) is 94.5 Å². The smallest absolute Gasteiger partial charge is 0.319 e. The van der Waals surface area contributed by atoms with Crippen LogP contribution in [-0.4, -0.2) is 18.0 Å². The minimum Gasteiger partial charge on any atom is -0.334 e. The average Bonchev–Trinajstić information content (AvgIpc) is 3.10. The van der Waals surface area contributed by atoms with E-state index in [4.69, 9.17) is 0 Å². The van der Waals surface area contributed by atoms with E-state index in [1.807, 2.05) is 79.4 Å². The summed E-state index contributed by atoms with van der Waals surface area (Å²) in [7, 11) is 0. The van der Waals surface area contributed by atoms with Crippen LogP contribution in [0.3, 0.4) is 0 Å². The Morgan fingerprint density at radius 3 is 2.55 bits per heavy atom. The molecule has 158 valence electrons. The number of nitrogens with zero attached hydrogens (tertiary/aromatic N) is 1. The zero-order chi connectivity index (χ0) is 22.0. The van der Waals surface area contributed by atoms with Crippen molar-refractivity contribution >= 4 is 23.3 Å². The molecule has 0 saturated heterocycles. The van der Waals surface area contributed by atoms with Crippen LogP contribution in [0.5, 0.6) is 0 Å². The highest BCUT2D eigenvalue weighted by Gasteiger charge is 2.31. The molecule has 5 heteroatoms. The fourth-order valence-corrected chi connectivity index (χ4v) is 4.03. The van der Waals surface area contributed by atoms with Crippen LogP contribution in [0, 0.1) is 13.8 Å². The molecule has 1 aliphatic heterocycles. The molecule has 0 radical (unpaired) electrons. The van der Waals surface area contributed by atoms with Gasteiger partial charge in [0.2, 0.25) is 0 Å². The minimum atomic E-state index is -0.250. The van der Waals surface area contributed by atoms with E-state index >= 15 is 0 Å². The molecule has 0 aromatic heterocycles. The number of amides is 3. The molecular weight excluding hydrogens is 386 g/mol. The molecule has 1 atom stereocenters. The monoisotopic (exact) mass is 413 g/mol. The van der Waals surface area contributed by atoms with Crippen LogP contribution in [0.25, 0.3) is 0 Å². The normalized spacial score (nSPS) is 14.8. The van der Waals surface area contributed by atoms with E-state index in [0.717, 1.165) is 40.0 Å². The van der Waals surface area contributed by atoms with E-state index in [0.29, 0.717) is 12.1 Å². The molecule has 0 fully saturated rings. The number of hydrogen-bond donors (Lipinski definition) is 2. The van der Waals surface area contributed by atoms with E-state index in [1.54, 1.807) is 0 Å². The first-order valence-corrected chi connectivity index (χ1v) is 10.6. The Kier molecular flexibility index (Phi) is 5.76. The van der Waals surface area contributed by atoms with Crippen molar-refractivity contribution in [2.75, 3.05) is 10.2 Å². The van der Waals surface area contributed by atoms with Crippen molar-refractivity contribution < 1.29 is 9.59 Å². The van der Waals surface area contributed by atoms with Crippen molar-refractivity contribution in [1.29, 1.82) is 0 Å². The molecule has 5 nitrogen and oxygen atoms in total. The van der Waals surface area contributed by atoms with Gasteiger partial charge in [0.15, 0.2) is 0 Å². The predicted octanol–water partition coefficient (Wildman–Crippen LogP) is 5.22. The van der Waals surface area contributed by atoms with Crippen LogP contribution in [0.1, 0.15) is 39.5 Å². The van der Waals surface area contributed by atoms with Gasteiger partial charge in [-0.15, -0.1) is 0 Å². The Morgan fingerprint density at radius 2 is 1.77 bits per heavy atom. The van der Waals surface area contributed by atoms with Crippen molar-refractivity contribution in [3.8, 4) is 0 Å². The highest BCUT2D eigenvalue weighted by molar-refractivity contribution is 6.07. The summed E-state index contributed by atoms with van der Waals surface area (Å²) in [5.74, 6) is 0.00428. The van der Waals surface area contributed by atoms with Gasteiger partial charge in [-0.2, -0.15) is 0 Å². The summed E-state index contributed by atoms with van der Waals surface area (Å²) in [5.41, 5.74) is 6.71. The molecule has 0 bridgehead atoms. The Hall–Kier alpha value is -3.60. The zero-order valence-electron chi connectivity index (χ0n) is 18.1. The van der Waals surface area contributed by atoms with Gasteiger partial charge in [-0.25, -0.2) is 4.79 Å². The van der Waals surface area contributed by atoms with Crippen LogP contribution in [-0.2, 0) is 13.0 Å². The van der Waals surface area contributed by atoms with Gasteiger partial charge in [-0.3, -0.25) is 4.79 Å². The van der Waals surface area contributed by atoms with Gasteiger partial charge >= 0.3 is 6.03 Å². The molecule has 31 heavy (non-hydrogen) atoms. The molecule has 0 unspecified atom stereocenters. The lowest BCUT2D eigenvalue weighted by Crippen LogP contribution is -2.35. The number of urea groups is 1. The van der Waals surface area contributed by atoms with E-state index in [9.17, 15) is 9.59 Å². The summed E-state index contributed by atoms with van der Waals surface area (Å²) in [6.45, 7) is 6.46. The Balaban J connectivity index is 1.47. The maximum Gasteiger partial charge on any atom is 0.319 e. The number of nitrogens with one attached hydrogen (secondary N) is 2. The number of aryl methyl sites for hydroxylation is 1. The zero-order valence-corrected chi connectivity index (χ0v) is 18.1. The van der Waals surface area contributed by atoms with E-state index < -0.39 is 0 Å². The first-order chi connectivity index (χ1) is 14.9. The number of carbonyl (C=O) groups is 2. The first kappa shape index (κ1) is 20.7. The third-order valence-electron chi connectivity index (χ3n) is 5.91. The molecule has 1 heterocycles. The van der Waals surface area contributed by atoms with Gasteiger partial charge in [0.05, 0.1) is 0 Å². The second kappa shape index (κ2) is 8.64. The minimum absolute atomic E-state index is 0.00428. The van der Waals surface area contributed by atoms with E-state index in [-0.39, 0.29) is 18.0 Å². The summed E-state index contributed by atoms with van der Waals surface area (Å²) in [6, 6.07) is 21.1. The van der Waals surface area contributed by atoms with E-state index in [2.05, 4.69) is 23.6 Å². The van der Waals surface area contributed by atoms with Crippen LogP contribution in [0.4, 0.5) is 16.2 Å². The maximum absolute atomic E-state index is 13.1. The number of anilines is 2. The molecule has 1 aliphatic rings. The molecule has 3 aromatic rings. The molecular formula is C26H27N3O2. The van der Waals surface area contributed by atoms with Crippen LogP contribution in [0.15, 0.2) is 66.7 Å². The number of carbonyl (C=O) groups excluding carboxylic acids is 2. The number of fused-ring (bicyclic) bond motifs is 1. The highest BCUT2D eigenvalue weighted by Crippen LogP contribution is 2.34. The second-order valence-electron chi connectivity index (χ2n) is 8.11. The van der Waals surface area contributed by atoms with Gasteiger partial charge in [-0.1, -0.05) is 42.5 Å². The average molecular weight is 414 g/mol. The third-order valence-corrected chi connectivity index (χ3v) is 5.91. The summed E-state index contributed by atoms with van der Waals surface area (Å²) in [6.07, 6.45) is 0.828. The Labute approximate surface area is 183 Å². The Bertz CT molecular complexity index is 1120. The summed E-state index contributed by atoms with van der Waals surface area (Å²) in [4.78, 5) is 27.4. The second-order valence-corrected chi connectivity index (χ2v) is 8.11. The molecule has 4 rings (SSSR count). The molecule has 3 aromatic carbocycles. The fourth-order valence-electron chi connectivity index (χ4n) is 4.03. The van der Waals surface area contributed by atoms with Crippen LogP contribution >= 0.6 is 0 Å². The van der Waals surface area contributed by atoms with Crippen molar-refractivity contribution in [2.45, 2.75) is 39.8 Å². The van der Waals surface area contributed by atoms with Crippen molar-refractivity contribution in [1.82, 2.24) is 5.32 Å². The summed E-state index contributed by atoms with van der Waals surface area (Å²) >= 11 is 0. The molecule has 2 N–H and O–H groups in total. The molecule has 0 saturated carbocycles. The molecule has 3 amide bonds. The lowest BCUT2D eigenvalue weighted by molar-refractivity contribution is 0.0981. The van der Waals surface area contributed by atoms with E-state index in [1.165, 1.54) is 0 Å². The predicted molar refractivity (Wildman–Crippen MR) is 125 cm³/mol. The Morgan fingerprint density at radius 1 is 1.00 bits per heavy atom. The third kappa shape index (κ3) is 4.31. The van der Waals surface area contributed by atoms with Crippen molar-refractivity contribution in [3.63, 3.8) is 0 Å². The largest absolute Gasteiger partial charge is 0.334 e. The van der Waals surface area contributed by atoms with Crippen LogP contribution < -0.4 is 15.5 Å². The number of hydrogen-bond acceptors (Lipinski definition) is 2. The van der Waals surface area contributed by atoms with Gasteiger partial charge in [-0.05, 0) is 73.7 Å². The van der Waals surface area contributed by atoms with Gasteiger partial charge in [0.25, 0.3) is 5.91 Å². The lowest BCUT2D eigenvalue weighted by atomic mass is 10.1.